The van der Waals surface area contributed by atoms with Gasteiger partial charge in [-0.1, -0.05) is 0 Å². The van der Waals surface area contributed by atoms with E-state index in [9.17, 15) is 4.79 Å². The topological polar surface area (TPSA) is 67.6 Å². The van der Waals surface area contributed by atoms with E-state index in [1.165, 1.54) is 0 Å². The zero-order valence-electron chi connectivity index (χ0n) is 11.4. The summed E-state index contributed by atoms with van der Waals surface area (Å²) in [6, 6.07) is 7.43. The van der Waals surface area contributed by atoms with Gasteiger partial charge in [0.05, 0.1) is 19.3 Å². The minimum absolute atomic E-state index is 0.00859. The molecule has 1 aromatic rings. The molecule has 1 saturated heterocycles. The molecule has 1 amide bonds. The molecule has 3 N–H and O–H groups in total. The van der Waals surface area contributed by atoms with Crippen LogP contribution in [0.5, 0.6) is 0 Å². The van der Waals surface area contributed by atoms with E-state index in [0.29, 0.717) is 18.8 Å². The van der Waals surface area contributed by atoms with E-state index >= 15 is 0 Å². The predicted molar refractivity (Wildman–Crippen MR) is 75.9 cm³/mol. The maximum absolute atomic E-state index is 12.0. The summed E-state index contributed by atoms with van der Waals surface area (Å²) in [6.45, 7) is 5.95. The number of ether oxygens (including phenoxy) is 1. The van der Waals surface area contributed by atoms with Crippen molar-refractivity contribution in [1.29, 1.82) is 0 Å². The lowest BCUT2D eigenvalue weighted by atomic mass is 10.2. The van der Waals surface area contributed by atoms with Crippen molar-refractivity contribution in [2.45, 2.75) is 26.0 Å². The average molecular weight is 263 g/mol. The first-order chi connectivity index (χ1) is 9.04. The van der Waals surface area contributed by atoms with Crippen LogP contribution in [0.1, 0.15) is 13.8 Å². The number of amides is 1. The van der Waals surface area contributed by atoms with Crippen LogP contribution in [0.3, 0.4) is 0 Å². The van der Waals surface area contributed by atoms with Gasteiger partial charge in [0.25, 0.3) is 0 Å². The molecule has 0 aromatic heterocycles. The summed E-state index contributed by atoms with van der Waals surface area (Å²) in [4.78, 5) is 14.1. The van der Waals surface area contributed by atoms with E-state index in [4.69, 9.17) is 10.5 Å². The predicted octanol–water partition coefficient (Wildman–Crippen LogP) is 1.32. The second-order valence-corrected chi connectivity index (χ2v) is 5.09. The van der Waals surface area contributed by atoms with Gasteiger partial charge >= 0.3 is 0 Å². The van der Waals surface area contributed by atoms with Crippen molar-refractivity contribution >= 4 is 17.3 Å². The highest BCUT2D eigenvalue weighted by Crippen LogP contribution is 2.13. The maximum atomic E-state index is 12.0. The molecule has 0 radical (unpaired) electrons. The zero-order chi connectivity index (χ0) is 13.8. The Kier molecular flexibility index (Phi) is 4.39. The van der Waals surface area contributed by atoms with Gasteiger partial charge in [0, 0.05) is 24.0 Å². The summed E-state index contributed by atoms with van der Waals surface area (Å²) in [7, 11) is 0. The summed E-state index contributed by atoms with van der Waals surface area (Å²) in [5, 5.41) is 2.87. The molecule has 0 spiro atoms. The third-order valence-corrected chi connectivity index (χ3v) is 3.28. The number of nitrogens with one attached hydrogen (secondary N) is 1. The summed E-state index contributed by atoms with van der Waals surface area (Å²) < 4.78 is 5.55. The summed E-state index contributed by atoms with van der Waals surface area (Å²) in [5.74, 6) is -0.00859. The molecule has 1 aliphatic rings. The Balaban J connectivity index is 1.88. The number of benzene rings is 1. The third kappa shape index (κ3) is 3.94. The molecule has 1 aliphatic heterocycles. The van der Waals surface area contributed by atoms with Gasteiger partial charge in [-0.15, -0.1) is 0 Å². The molecule has 2 unspecified atom stereocenters. The lowest BCUT2D eigenvalue weighted by molar-refractivity contribution is -0.121. The Morgan fingerprint density at radius 2 is 2.11 bits per heavy atom. The van der Waals surface area contributed by atoms with Gasteiger partial charge in [0.1, 0.15) is 0 Å². The molecule has 104 valence electrons. The Bertz CT molecular complexity index is 433. The van der Waals surface area contributed by atoms with Crippen molar-refractivity contribution in [3.8, 4) is 0 Å². The number of carbonyl (C=O) groups excluding carboxylic acids is 1. The van der Waals surface area contributed by atoms with Gasteiger partial charge < -0.3 is 15.8 Å². The number of nitrogen functional groups attached to an aromatic ring is 1. The van der Waals surface area contributed by atoms with Crippen LogP contribution in [0.4, 0.5) is 11.4 Å². The van der Waals surface area contributed by atoms with Crippen molar-refractivity contribution in [3.63, 3.8) is 0 Å². The van der Waals surface area contributed by atoms with Gasteiger partial charge in [-0.05, 0) is 38.1 Å². The van der Waals surface area contributed by atoms with E-state index < -0.39 is 0 Å². The molecule has 2 atom stereocenters. The van der Waals surface area contributed by atoms with E-state index in [1.807, 2.05) is 6.92 Å². The van der Waals surface area contributed by atoms with Gasteiger partial charge in [0.2, 0.25) is 5.91 Å². The lowest BCUT2D eigenvalue weighted by Gasteiger charge is -2.36. The summed E-state index contributed by atoms with van der Waals surface area (Å²) in [5.41, 5.74) is 7.07. The highest BCUT2D eigenvalue weighted by Gasteiger charge is 2.24. The van der Waals surface area contributed by atoms with Gasteiger partial charge in [-0.3, -0.25) is 9.69 Å². The fourth-order valence-corrected chi connectivity index (χ4v) is 2.14. The molecule has 1 aromatic carbocycles. The van der Waals surface area contributed by atoms with E-state index in [-0.39, 0.29) is 18.1 Å². The molecular weight excluding hydrogens is 242 g/mol. The Hall–Kier alpha value is -1.59. The second kappa shape index (κ2) is 6.04. The molecule has 5 heteroatoms. The number of hydrogen-bond donors (Lipinski definition) is 2. The fourth-order valence-electron chi connectivity index (χ4n) is 2.14. The van der Waals surface area contributed by atoms with Crippen LogP contribution < -0.4 is 11.1 Å². The number of carbonyl (C=O) groups is 1. The van der Waals surface area contributed by atoms with Crippen molar-refractivity contribution in [3.05, 3.63) is 24.3 Å². The minimum Gasteiger partial charge on any atom is -0.399 e. The molecular formula is C14H21N3O2. The number of hydrogen-bond acceptors (Lipinski definition) is 4. The third-order valence-electron chi connectivity index (χ3n) is 3.28. The number of nitrogens with two attached hydrogens (primary N) is 1. The second-order valence-electron chi connectivity index (χ2n) is 5.09. The first-order valence-corrected chi connectivity index (χ1v) is 6.55. The molecule has 1 heterocycles. The first kappa shape index (κ1) is 13.8. The molecule has 19 heavy (non-hydrogen) atoms. The molecule has 2 rings (SSSR count). The standard InChI is InChI=1S/C14H21N3O2/c1-10-9-19-11(2)7-17(10)8-14(18)16-13-5-3-12(15)4-6-13/h3-6,10-11H,7-9,15H2,1-2H3,(H,16,18). The molecule has 0 aliphatic carbocycles. The van der Waals surface area contributed by atoms with Crippen LogP contribution >= 0.6 is 0 Å². The van der Waals surface area contributed by atoms with Gasteiger partial charge in [-0.25, -0.2) is 0 Å². The van der Waals surface area contributed by atoms with E-state index in [1.54, 1.807) is 24.3 Å². The van der Waals surface area contributed by atoms with Crippen LogP contribution in [0.15, 0.2) is 24.3 Å². The van der Waals surface area contributed by atoms with Crippen molar-refractivity contribution in [1.82, 2.24) is 4.90 Å². The number of nitrogens with zero attached hydrogens (tertiary/aromatic N) is 1. The van der Waals surface area contributed by atoms with Crippen LogP contribution in [0.2, 0.25) is 0 Å². The highest BCUT2D eigenvalue weighted by molar-refractivity contribution is 5.92. The van der Waals surface area contributed by atoms with Crippen LogP contribution in [-0.4, -0.2) is 42.6 Å². The first-order valence-electron chi connectivity index (χ1n) is 6.55. The zero-order valence-corrected chi connectivity index (χ0v) is 11.4. The summed E-state index contributed by atoms with van der Waals surface area (Å²) >= 11 is 0. The SMILES string of the molecule is CC1CN(CC(=O)Nc2ccc(N)cc2)C(C)CO1. The fraction of sp³-hybridized carbons (Fsp3) is 0.500. The smallest absolute Gasteiger partial charge is 0.238 e. The number of rotatable bonds is 3. The molecule has 0 bridgehead atoms. The molecule has 5 nitrogen and oxygen atoms in total. The summed E-state index contributed by atoms with van der Waals surface area (Å²) in [6.07, 6.45) is 0.181. The van der Waals surface area contributed by atoms with E-state index in [2.05, 4.69) is 17.1 Å². The number of morpholine rings is 1. The Morgan fingerprint density at radius 1 is 1.42 bits per heavy atom. The van der Waals surface area contributed by atoms with Crippen LogP contribution in [0.25, 0.3) is 0 Å². The van der Waals surface area contributed by atoms with E-state index in [0.717, 1.165) is 12.2 Å². The average Bonchev–Trinajstić information content (AvgIpc) is 2.37. The Labute approximate surface area is 113 Å². The monoisotopic (exact) mass is 263 g/mol. The number of anilines is 2. The van der Waals surface area contributed by atoms with Crippen LogP contribution in [-0.2, 0) is 9.53 Å². The van der Waals surface area contributed by atoms with Crippen molar-refractivity contribution in [2.75, 3.05) is 30.7 Å². The largest absolute Gasteiger partial charge is 0.399 e. The lowest BCUT2D eigenvalue weighted by Crippen LogP contribution is -2.50. The van der Waals surface area contributed by atoms with Crippen LogP contribution in [0, 0.1) is 0 Å². The normalized spacial score (nSPS) is 24.1. The quantitative estimate of drug-likeness (QED) is 0.807. The van der Waals surface area contributed by atoms with Gasteiger partial charge in [0.15, 0.2) is 0 Å². The van der Waals surface area contributed by atoms with Crippen molar-refractivity contribution < 1.29 is 9.53 Å². The van der Waals surface area contributed by atoms with Crippen molar-refractivity contribution in [2.24, 2.45) is 0 Å². The Morgan fingerprint density at radius 3 is 2.79 bits per heavy atom. The molecule has 0 saturated carbocycles. The molecule has 1 fully saturated rings. The maximum Gasteiger partial charge on any atom is 0.238 e. The van der Waals surface area contributed by atoms with Gasteiger partial charge in [-0.2, -0.15) is 0 Å². The minimum atomic E-state index is -0.00859. The highest BCUT2D eigenvalue weighted by atomic mass is 16.5.